The Bertz CT molecular complexity index is 437. The molecule has 2 aromatic rings. The van der Waals surface area contributed by atoms with Gasteiger partial charge in [0.1, 0.15) is 0 Å². The fraction of sp³-hybridized carbons (Fsp3) is 0.308. The molecule has 0 radical (unpaired) electrons. The van der Waals surface area contributed by atoms with E-state index in [1.54, 1.807) is 0 Å². The molecular weight excluding hydrogens is 216 g/mol. The lowest BCUT2D eigenvalue weighted by Gasteiger charge is -2.12. The minimum Gasteiger partial charge on any atom is -0.241 e. The van der Waals surface area contributed by atoms with Crippen LogP contribution < -0.4 is 0 Å². The van der Waals surface area contributed by atoms with E-state index in [4.69, 9.17) is 0 Å². The van der Waals surface area contributed by atoms with E-state index in [0.717, 1.165) is 6.42 Å². The van der Waals surface area contributed by atoms with E-state index in [-0.39, 0.29) is 0 Å². The Morgan fingerprint density at radius 3 is 2.81 bits per heavy atom. The molecule has 0 fully saturated rings. The number of thioether (sulfide) groups is 1. The summed E-state index contributed by atoms with van der Waals surface area (Å²) in [4.78, 5) is 0. The lowest BCUT2D eigenvalue weighted by molar-refractivity contribution is 0.845. The van der Waals surface area contributed by atoms with Gasteiger partial charge in [-0.2, -0.15) is 16.9 Å². The fourth-order valence-electron chi connectivity index (χ4n) is 1.71. The topological polar surface area (TPSA) is 17.8 Å². The van der Waals surface area contributed by atoms with Crippen molar-refractivity contribution in [3.8, 4) is 5.69 Å². The SMILES string of the molecule is CSC(C)Cc1ccccc1-n1cccn1. The maximum atomic E-state index is 4.29. The summed E-state index contributed by atoms with van der Waals surface area (Å²) in [7, 11) is 0. The molecule has 0 aliphatic rings. The molecule has 0 spiro atoms. The van der Waals surface area contributed by atoms with Gasteiger partial charge >= 0.3 is 0 Å². The molecule has 0 saturated carbocycles. The van der Waals surface area contributed by atoms with Crippen molar-refractivity contribution in [1.82, 2.24) is 9.78 Å². The molecule has 0 N–H and O–H groups in total. The van der Waals surface area contributed by atoms with Crippen molar-refractivity contribution >= 4 is 11.8 Å². The Morgan fingerprint density at radius 1 is 1.31 bits per heavy atom. The van der Waals surface area contributed by atoms with E-state index in [1.807, 2.05) is 34.9 Å². The van der Waals surface area contributed by atoms with Crippen LogP contribution in [0.2, 0.25) is 0 Å². The van der Waals surface area contributed by atoms with Crippen molar-refractivity contribution in [2.75, 3.05) is 6.26 Å². The maximum absolute atomic E-state index is 4.29. The number of nitrogens with zero attached hydrogens (tertiary/aromatic N) is 2. The zero-order valence-corrected chi connectivity index (χ0v) is 10.4. The van der Waals surface area contributed by atoms with Gasteiger partial charge in [0.25, 0.3) is 0 Å². The summed E-state index contributed by atoms with van der Waals surface area (Å²) < 4.78 is 1.93. The normalized spacial score (nSPS) is 12.6. The molecule has 84 valence electrons. The third-order valence-electron chi connectivity index (χ3n) is 2.65. The Hall–Kier alpha value is -1.22. The molecule has 2 rings (SSSR count). The number of aromatic nitrogens is 2. The summed E-state index contributed by atoms with van der Waals surface area (Å²) in [6.07, 6.45) is 7.04. The maximum Gasteiger partial charge on any atom is 0.0677 e. The second-order valence-electron chi connectivity index (χ2n) is 3.83. The highest BCUT2D eigenvalue weighted by Crippen LogP contribution is 2.19. The first kappa shape index (κ1) is 11.3. The van der Waals surface area contributed by atoms with Crippen molar-refractivity contribution in [3.63, 3.8) is 0 Å². The summed E-state index contributed by atoms with van der Waals surface area (Å²) in [6.45, 7) is 2.25. The molecule has 0 amide bonds. The molecule has 1 aromatic heterocycles. The van der Waals surface area contributed by atoms with Crippen LogP contribution in [-0.2, 0) is 6.42 Å². The van der Waals surface area contributed by atoms with Gasteiger partial charge < -0.3 is 0 Å². The van der Waals surface area contributed by atoms with Crippen LogP contribution in [0.1, 0.15) is 12.5 Å². The third kappa shape index (κ3) is 2.47. The average Bonchev–Trinajstić information content (AvgIpc) is 2.83. The first-order valence-corrected chi connectivity index (χ1v) is 6.71. The van der Waals surface area contributed by atoms with Gasteiger partial charge in [0.05, 0.1) is 5.69 Å². The van der Waals surface area contributed by atoms with Crippen molar-refractivity contribution in [1.29, 1.82) is 0 Å². The number of benzene rings is 1. The number of hydrogen-bond acceptors (Lipinski definition) is 2. The summed E-state index contributed by atoms with van der Waals surface area (Å²) in [5.74, 6) is 0. The quantitative estimate of drug-likeness (QED) is 0.806. The van der Waals surface area contributed by atoms with E-state index >= 15 is 0 Å². The number of para-hydroxylation sites is 1. The Labute approximate surface area is 101 Å². The van der Waals surface area contributed by atoms with E-state index in [1.165, 1.54) is 11.3 Å². The van der Waals surface area contributed by atoms with Crippen LogP contribution in [0.5, 0.6) is 0 Å². The first-order valence-electron chi connectivity index (χ1n) is 5.42. The van der Waals surface area contributed by atoms with E-state index in [0.29, 0.717) is 5.25 Å². The highest BCUT2D eigenvalue weighted by molar-refractivity contribution is 7.99. The zero-order chi connectivity index (χ0) is 11.4. The molecule has 3 heteroatoms. The minimum absolute atomic E-state index is 0.636. The summed E-state index contributed by atoms with van der Waals surface area (Å²) in [6, 6.07) is 10.4. The molecule has 1 atom stereocenters. The Balaban J connectivity index is 2.31. The molecule has 16 heavy (non-hydrogen) atoms. The Morgan fingerprint density at radius 2 is 2.12 bits per heavy atom. The molecular formula is C13H16N2S. The Kier molecular flexibility index (Phi) is 3.67. The van der Waals surface area contributed by atoms with Gasteiger partial charge in [0.15, 0.2) is 0 Å². The summed E-state index contributed by atoms with van der Waals surface area (Å²) in [5.41, 5.74) is 2.54. The molecule has 1 aromatic carbocycles. The lowest BCUT2D eigenvalue weighted by Crippen LogP contribution is -2.06. The molecule has 1 heterocycles. The van der Waals surface area contributed by atoms with Gasteiger partial charge in [0.2, 0.25) is 0 Å². The van der Waals surface area contributed by atoms with Crippen LogP contribution in [0.15, 0.2) is 42.7 Å². The zero-order valence-electron chi connectivity index (χ0n) is 9.63. The van der Waals surface area contributed by atoms with Gasteiger partial charge in [-0.3, -0.25) is 0 Å². The third-order valence-corrected chi connectivity index (χ3v) is 3.62. The van der Waals surface area contributed by atoms with Crippen LogP contribution in [0.4, 0.5) is 0 Å². The lowest BCUT2D eigenvalue weighted by atomic mass is 10.1. The molecule has 0 bridgehead atoms. The summed E-state index contributed by atoms with van der Waals surface area (Å²) >= 11 is 1.90. The highest BCUT2D eigenvalue weighted by atomic mass is 32.2. The standard InChI is InChI=1S/C13H16N2S/c1-11(16-2)10-12-6-3-4-7-13(12)15-9-5-8-14-15/h3-9,11H,10H2,1-2H3. The van der Waals surface area contributed by atoms with Crippen LogP contribution in [0.3, 0.4) is 0 Å². The monoisotopic (exact) mass is 232 g/mol. The van der Waals surface area contributed by atoms with Gasteiger partial charge in [-0.1, -0.05) is 25.1 Å². The van der Waals surface area contributed by atoms with Crippen LogP contribution in [0.25, 0.3) is 5.69 Å². The van der Waals surface area contributed by atoms with Gasteiger partial charge in [-0.25, -0.2) is 4.68 Å². The van der Waals surface area contributed by atoms with Crippen LogP contribution >= 0.6 is 11.8 Å². The van der Waals surface area contributed by atoms with Crippen molar-refractivity contribution in [2.45, 2.75) is 18.6 Å². The van der Waals surface area contributed by atoms with E-state index < -0.39 is 0 Å². The molecule has 0 aliphatic carbocycles. The fourth-order valence-corrected chi connectivity index (χ4v) is 2.06. The molecule has 2 nitrogen and oxygen atoms in total. The second-order valence-corrected chi connectivity index (χ2v) is 5.11. The van der Waals surface area contributed by atoms with Gasteiger partial charge in [-0.15, -0.1) is 0 Å². The minimum atomic E-state index is 0.636. The van der Waals surface area contributed by atoms with Crippen LogP contribution in [-0.4, -0.2) is 21.3 Å². The smallest absolute Gasteiger partial charge is 0.0677 e. The van der Waals surface area contributed by atoms with Gasteiger partial charge in [0, 0.05) is 17.6 Å². The van der Waals surface area contributed by atoms with E-state index in [9.17, 15) is 0 Å². The first-order chi connectivity index (χ1) is 7.81. The van der Waals surface area contributed by atoms with Crippen molar-refractivity contribution < 1.29 is 0 Å². The van der Waals surface area contributed by atoms with Crippen molar-refractivity contribution in [2.24, 2.45) is 0 Å². The predicted octanol–water partition coefficient (Wildman–Crippen LogP) is 3.17. The summed E-state index contributed by atoms with van der Waals surface area (Å²) in [5, 5.41) is 4.93. The molecule has 0 aliphatic heterocycles. The van der Waals surface area contributed by atoms with Crippen molar-refractivity contribution in [3.05, 3.63) is 48.3 Å². The second kappa shape index (κ2) is 5.21. The number of hydrogen-bond donors (Lipinski definition) is 0. The van der Waals surface area contributed by atoms with Crippen LogP contribution in [0, 0.1) is 0 Å². The number of rotatable bonds is 4. The predicted molar refractivity (Wildman–Crippen MR) is 70.2 cm³/mol. The van der Waals surface area contributed by atoms with Gasteiger partial charge in [-0.05, 0) is 30.4 Å². The molecule has 0 saturated heterocycles. The highest BCUT2D eigenvalue weighted by Gasteiger charge is 2.07. The average molecular weight is 232 g/mol. The molecule has 1 unspecified atom stereocenters. The largest absolute Gasteiger partial charge is 0.241 e. The van der Waals surface area contributed by atoms with E-state index in [2.05, 4.69) is 42.5 Å².